The van der Waals surface area contributed by atoms with Gasteiger partial charge in [0.25, 0.3) is 5.91 Å². The zero-order valence-corrected chi connectivity index (χ0v) is 6.80. The van der Waals surface area contributed by atoms with Crippen molar-refractivity contribution in [1.29, 1.82) is 0 Å². The zero-order chi connectivity index (χ0) is 8.48. The summed E-state index contributed by atoms with van der Waals surface area (Å²) in [7, 11) is 1.60. The van der Waals surface area contributed by atoms with Crippen LogP contribution in [0.15, 0.2) is 0 Å². The molecule has 5 N–H and O–H groups in total. The quantitative estimate of drug-likeness (QED) is 0.522. The van der Waals surface area contributed by atoms with Crippen LogP contribution in [0.4, 0.5) is 0 Å². The number of primary amides is 1. The van der Waals surface area contributed by atoms with Crippen molar-refractivity contribution in [2.24, 2.45) is 5.73 Å². The highest BCUT2D eigenvalue weighted by atomic mass is 16.5. The molecule has 2 atom stereocenters. The summed E-state index contributed by atoms with van der Waals surface area (Å²) in [6, 6.07) is 0. The zero-order valence-electron chi connectivity index (χ0n) is 6.80. The lowest BCUT2D eigenvalue weighted by molar-refractivity contribution is -0.471. The summed E-state index contributed by atoms with van der Waals surface area (Å²) in [6.07, 6.45) is 2.54. The van der Waals surface area contributed by atoms with E-state index in [0.717, 1.165) is 19.3 Å². The Balaban J connectivity index is 2.75. The number of ether oxygens (including phenoxy) is 1. The van der Waals surface area contributed by atoms with E-state index >= 15 is 0 Å². The molecule has 0 saturated heterocycles. The summed E-state index contributed by atoms with van der Waals surface area (Å²) in [4.78, 5) is 11.0. The summed E-state index contributed by atoms with van der Waals surface area (Å²) >= 11 is 0. The number of methoxy groups -OCH3 is 1. The first-order valence-electron chi connectivity index (χ1n) is 3.79. The van der Waals surface area contributed by atoms with Gasteiger partial charge in [-0.05, 0) is 12.8 Å². The molecule has 4 nitrogen and oxygen atoms in total. The number of nitrogens with two attached hydrogens (primary N) is 1. The van der Waals surface area contributed by atoms with E-state index in [1.807, 2.05) is 0 Å². The van der Waals surface area contributed by atoms with Crippen LogP contribution in [0.1, 0.15) is 19.3 Å². The highest BCUT2D eigenvalue weighted by Gasteiger charge is 2.48. The first kappa shape index (κ1) is 8.49. The van der Waals surface area contributed by atoms with Gasteiger partial charge in [0, 0.05) is 13.5 Å². The number of carbonyl (C=O) groups is 1. The van der Waals surface area contributed by atoms with Crippen LogP contribution in [0.5, 0.6) is 0 Å². The van der Waals surface area contributed by atoms with Crippen molar-refractivity contribution in [3.8, 4) is 0 Å². The molecule has 1 aliphatic rings. The molecule has 11 heavy (non-hydrogen) atoms. The summed E-state index contributed by atoms with van der Waals surface area (Å²) < 4.78 is 5.12. The molecule has 0 aromatic carbocycles. The predicted octanol–water partition coefficient (Wildman–Crippen LogP) is -1.35. The predicted molar refractivity (Wildman–Crippen MR) is 39.5 cm³/mol. The number of quaternary nitrogens is 1. The van der Waals surface area contributed by atoms with Crippen LogP contribution >= 0.6 is 0 Å². The van der Waals surface area contributed by atoms with E-state index in [-0.39, 0.29) is 12.0 Å². The van der Waals surface area contributed by atoms with Gasteiger partial charge in [0.05, 0.1) is 0 Å². The second-order valence-corrected chi connectivity index (χ2v) is 3.14. The third-order valence-electron chi connectivity index (χ3n) is 2.48. The molecule has 1 rings (SSSR count). The van der Waals surface area contributed by atoms with Crippen LogP contribution < -0.4 is 11.5 Å². The normalized spacial score (nSPS) is 37.5. The lowest BCUT2D eigenvalue weighted by atomic mass is 9.96. The Labute approximate surface area is 65.9 Å². The van der Waals surface area contributed by atoms with E-state index in [9.17, 15) is 4.79 Å². The van der Waals surface area contributed by atoms with Gasteiger partial charge in [0.2, 0.25) is 0 Å². The summed E-state index contributed by atoms with van der Waals surface area (Å²) in [5, 5.41) is 0. The minimum absolute atomic E-state index is 0.0833. The van der Waals surface area contributed by atoms with E-state index in [2.05, 4.69) is 5.73 Å². The van der Waals surface area contributed by atoms with Gasteiger partial charge >= 0.3 is 0 Å². The van der Waals surface area contributed by atoms with Crippen molar-refractivity contribution < 1.29 is 15.3 Å². The Morgan fingerprint density at radius 2 is 2.45 bits per heavy atom. The molecule has 1 fully saturated rings. The van der Waals surface area contributed by atoms with Crippen molar-refractivity contribution >= 4 is 5.91 Å². The summed E-state index contributed by atoms with van der Waals surface area (Å²) in [5.41, 5.74) is 8.37. The minimum atomic E-state index is -0.672. The fourth-order valence-electron chi connectivity index (χ4n) is 1.67. The summed E-state index contributed by atoms with van der Waals surface area (Å²) in [6.45, 7) is 0. The van der Waals surface area contributed by atoms with Gasteiger partial charge in [-0.3, -0.25) is 4.79 Å². The SMILES string of the molecule is CO[C@H]1CCC[C@@]1([NH3+])C(N)=O. The standard InChI is InChI=1S/C7H14N2O2/c1-11-5-3-2-4-7(5,9)6(8)10/h5H,2-4,9H2,1H3,(H2,8,10)/p+1/t5-,7-/m0/s1. The molecule has 0 radical (unpaired) electrons. The second kappa shape index (κ2) is 2.79. The molecular weight excluding hydrogens is 144 g/mol. The number of rotatable bonds is 2. The van der Waals surface area contributed by atoms with Crippen molar-refractivity contribution in [3.05, 3.63) is 0 Å². The Kier molecular flexibility index (Phi) is 2.15. The minimum Gasteiger partial charge on any atom is -0.374 e. The van der Waals surface area contributed by atoms with Gasteiger partial charge in [-0.25, -0.2) is 0 Å². The third kappa shape index (κ3) is 1.23. The highest BCUT2D eigenvalue weighted by Crippen LogP contribution is 2.27. The maximum atomic E-state index is 11.0. The molecule has 1 amide bonds. The van der Waals surface area contributed by atoms with Crippen LogP contribution in [0.25, 0.3) is 0 Å². The van der Waals surface area contributed by atoms with Crippen LogP contribution in [0.2, 0.25) is 0 Å². The average Bonchev–Trinajstić information content (AvgIpc) is 2.32. The smallest absolute Gasteiger partial charge is 0.281 e. The van der Waals surface area contributed by atoms with Crippen LogP contribution in [-0.4, -0.2) is 24.7 Å². The van der Waals surface area contributed by atoms with Gasteiger partial charge in [0.15, 0.2) is 5.54 Å². The monoisotopic (exact) mass is 159 g/mol. The van der Waals surface area contributed by atoms with Crippen molar-refractivity contribution in [3.63, 3.8) is 0 Å². The maximum absolute atomic E-state index is 11.0. The van der Waals surface area contributed by atoms with E-state index in [1.54, 1.807) is 7.11 Å². The highest BCUT2D eigenvalue weighted by molar-refractivity contribution is 5.83. The molecule has 0 heterocycles. The van der Waals surface area contributed by atoms with Gasteiger partial charge in [-0.1, -0.05) is 0 Å². The molecule has 0 aromatic rings. The molecule has 0 spiro atoms. The van der Waals surface area contributed by atoms with Crippen molar-refractivity contribution in [1.82, 2.24) is 0 Å². The van der Waals surface area contributed by atoms with Crippen LogP contribution in [-0.2, 0) is 9.53 Å². The average molecular weight is 159 g/mol. The molecule has 0 bridgehead atoms. The van der Waals surface area contributed by atoms with E-state index in [1.165, 1.54) is 0 Å². The third-order valence-corrected chi connectivity index (χ3v) is 2.48. The lowest BCUT2D eigenvalue weighted by Gasteiger charge is -2.22. The van der Waals surface area contributed by atoms with E-state index in [4.69, 9.17) is 10.5 Å². The molecule has 1 saturated carbocycles. The Morgan fingerprint density at radius 1 is 1.82 bits per heavy atom. The van der Waals surface area contributed by atoms with Crippen LogP contribution in [0, 0.1) is 0 Å². The van der Waals surface area contributed by atoms with Gasteiger partial charge in [-0.2, -0.15) is 0 Å². The van der Waals surface area contributed by atoms with Crippen molar-refractivity contribution in [2.75, 3.05) is 7.11 Å². The van der Waals surface area contributed by atoms with E-state index < -0.39 is 5.54 Å². The topological polar surface area (TPSA) is 80.0 Å². The summed E-state index contributed by atoms with van der Waals surface area (Å²) in [5.74, 6) is -0.346. The maximum Gasteiger partial charge on any atom is 0.281 e. The molecule has 0 unspecified atom stereocenters. The fraction of sp³-hybridized carbons (Fsp3) is 0.857. The molecule has 64 valence electrons. The number of hydrogen-bond donors (Lipinski definition) is 2. The molecule has 4 heteroatoms. The second-order valence-electron chi connectivity index (χ2n) is 3.14. The molecule has 0 aromatic heterocycles. The Hall–Kier alpha value is -0.610. The number of amides is 1. The Morgan fingerprint density at radius 3 is 2.82 bits per heavy atom. The van der Waals surface area contributed by atoms with Crippen molar-refractivity contribution in [2.45, 2.75) is 30.9 Å². The van der Waals surface area contributed by atoms with Crippen LogP contribution in [0.3, 0.4) is 0 Å². The van der Waals surface area contributed by atoms with Gasteiger partial charge in [0.1, 0.15) is 6.10 Å². The van der Waals surface area contributed by atoms with Gasteiger partial charge < -0.3 is 16.2 Å². The number of hydrogen-bond acceptors (Lipinski definition) is 2. The largest absolute Gasteiger partial charge is 0.374 e. The fourth-order valence-corrected chi connectivity index (χ4v) is 1.67. The lowest BCUT2D eigenvalue weighted by Crippen LogP contribution is -2.81. The molecule has 0 aliphatic heterocycles. The molecule has 1 aliphatic carbocycles. The van der Waals surface area contributed by atoms with E-state index in [0.29, 0.717) is 0 Å². The first-order chi connectivity index (χ1) is 5.11. The number of carbonyl (C=O) groups excluding carboxylic acids is 1. The van der Waals surface area contributed by atoms with Gasteiger partial charge in [-0.15, -0.1) is 0 Å². The molecular formula is C7H15N2O2+. The first-order valence-corrected chi connectivity index (χ1v) is 3.79. The Bertz CT molecular complexity index is 172.